The number of likely N-dealkylation sites (tertiary alicyclic amines) is 1. The Bertz CT molecular complexity index is 438. The fourth-order valence-corrected chi connectivity index (χ4v) is 3.49. The summed E-state index contributed by atoms with van der Waals surface area (Å²) in [5, 5.41) is 0. The van der Waals surface area contributed by atoms with Crippen molar-refractivity contribution in [1.82, 2.24) is 4.90 Å². The Morgan fingerprint density at radius 3 is 2.74 bits per heavy atom. The molecule has 1 saturated heterocycles. The number of fused-ring (bicyclic) bond motifs is 1. The minimum atomic E-state index is 0.407. The molecule has 1 heterocycles. The number of rotatable bonds is 2. The summed E-state index contributed by atoms with van der Waals surface area (Å²) >= 11 is 0. The van der Waals surface area contributed by atoms with Gasteiger partial charge in [-0.2, -0.15) is 0 Å². The van der Waals surface area contributed by atoms with Crippen LogP contribution >= 0.6 is 0 Å². The number of nitrogens with two attached hydrogens (primary N) is 1. The first-order valence-corrected chi connectivity index (χ1v) is 7.44. The first-order chi connectivity index (χ1) is 9.28. The van der Waals surface area contributed by atoms with E-state index in [1.54, 1.807) is 7.11 Å². The van der Waals surface area contributed by atoms with Gasteiger partial charge in [0.05, 0.1) is 7.11 Å². The molecule has 1 aromatic carbocycles. The fourth-order valence-electron chi connectivity index (χ4n) is 3.49. The molecular formula is C16H24N2O. The first kappa shape index (κ1) is 12.9. The summed E-state index contributed by atoms with van der Waals surface area (Å²) in [5.41, 5.74) is 9.01. The highest BCUT2D eigenvalue weighted by Crippen LogP contribution is 2.37. The molecule has 3 nitrogen and oxygen atoms in total. The molecule has 1 atom stereocenters. The van der Waals surface area contributed by atoms with E-state index in [9.17, 15) is 0 Å². The van der Waals surface area contributed by atoms with Crippen LogP contribution in [0.4, 0.5) is 0 Å². The summed E-state index contributed by atoms with van der Waals surface area (Å²) in [7, 11) is 1.75. The third-order valence-corrected chi connectivity index (χ3v) is 4.65. The Hall–Kier alpha value is -1.06. The van der Waals surface area contributed by atoms with Crippen molar-refractivity contribution >= 4 is 0 Å². The van der Waals surface area contributed by atoms with Crippen LogP contribution in [0.2, 0.25) is 0 Å². The molecule has 3 rings (SSSR count). The molecule has 104 valence electrons. The van der Waals surface area contributed by atoms with Gasteiger partial charge in [-0.3, -0.25) is 4.90 Å². The van der Waals surface area contributed by atoms with Gasteiger partial charge < -0.3 is 10.5 Å². The third kappa shape index (κ3) is 2.63. The van der Waals surface area contributed by atoms with E-state index in [2.05, 4.69) is 23.1 Å². The van der Waals surface area contributed by atoms with E-state index >= 15 is 0 Å². The number of hydrogen-bond donors (Lipinski definition) is 1. The topological polar surface area (TPSA) is 38.5 Å². The quantitative estimate of drug-likeness (QED) is 0.888. The maximum atomic E-state index is 6.02. The van der Waals surface area contributed by atoms with Crippen LogP contribution < -0.4 is 10.5 Å². The van der Waals surface area contributed by atoms with Crippen molar-refractivity contribution in [2.45, 2.75) is 44.2 Å². The fraction of sp³-hybridized carbons (Fsp3) is 0.625. The molecule has 19 heavy (non-hydrogen) atoms. The van der Waals surface area contributed by atoms with Crippen LogP contribution in [0, 0.1) is 0 Å². The molecule has 3 heteroatoms. The Morgan fingerprint density at radius 1 is 1.21 bits per heavy atom. The van der Waals surface area contributed by atoms with E-state index < -0.39 is 0 Å². The molecule has 0 saturated carbocycles. The van der Waals surface area contributed by atoms with E-state index in [-0.39, 0.29) is 0 Å². The smallest absolute Gasteiger partial charge is 0.119 e. The molecule has 0 bridgehead atoms. The summed E-state index contributed by atoms with van der Waals surface area (Å²) in [6.07, 6.45) is 6.05. The van der Waals surface area contributed by atoms with Gasteiger partial charge in [0.1, 0.15) is 5.75 Å². The van der Waals surface area contributed by atoms with E-state index in [1.807, 2.05) is 0 Å². The van der Waals surface area contributed by atoms with Crippen LogP contribution in [0.5, 0.6) is 5.75 Å². The second kappa shape index (κ2) is 5.51. The van der Waals surface area contributed by atoms with Gasteiger partial charge in [0.15, 0.2) is 0 Å². The van der Waals surface area contributed by atoms with E-state index in [0.717, 1.165) is 31.7 Å². The molecule has 1 aromatic rings. The molecule has 0 aromatic heterocycles. The van der Waals surface area contributed by atoms with Crippen molar-refractivity contribution in [2.75, 3.05) is 20.2 Å². The lowest BCUT2D eigenvalue weighted by molar-refractivity contribution is 0.139. The van der Waals surface area contributed by atoms with Gasteiger partial charge in [-0.25, -0.2) is 0 Å². The summed E-state index contributed by atoms with van der Waals surface area (Å²) in [5.74, 6) is 0.986. The summed E-state index contributed by atoms with van der Waals surface area (Å²) in [6.45, 7) is 2.28. The van der Waals surface area contributed by atoms with Gasteiger partial charge in [-0.05, 0) is 55.4 Å². The third-order valence-electron chi connectivity index (χ3n) is 4.65. The monoisotopic (exact) mass is 260 g/mol. The highest BCUT2D eigenvalue weighted by Gasteiger charge is 2.28. The maximum absolute atomic E-state index is 6.02. The lowest BCUT2D eigenvalue weighted by atomic mass is 9.85. The summed E-state index contributed by atoms with van der Waals surface area (Å²) < 4.78 is 5.39. The van der Waals surface area contributed by atoms with Crippen LogP contribution in [0.25, 0.3) is 0 Å². The Morgan fingerprint density at radius 2 is 2.00 bits per heavy atom. The minimum absolute atomic E-state index is 0.407. The average Bonchev–Trinajstić information content (AvgIpc) is 2.47. The molecule has 2 aliphatic rings. The Balaban J connectivity index is 1.84. The number of methoxy groups -OCH3 is 1. The summed E-state index contributed by atoms with van der Waals surface area (Å²) in [6, 6.07) is 7.56. The second-order valence-corrected chi connectivity index (χ2v) is 5.85. The molecular weight excluding hydrogens is 236 g/mol. The van der Waals surface area contributed by atoms with Gasteiger partial charge in [0, 0.05) is 25.2 Å². The van der Waals surface area contributed by atoms with Crippen LogP contribution in [0.1, 0.15) is 42.9 Å². The molecule has 0 amide bonds. The lowest BCUT2D eigenvalue weighted by Gasteiger charge is -2.39. The van der Waals surface area contributed by atoms with Crippen molar-refractivity contribution < 1.29 is 4.74 Å². The minimum Gasteiger partial charge on any atom is -0.497 e. The molecule has 1 aliphatic heterocycles. The Labute approximate surface area is 115 Å². The highest BCUT2D eigenvalue weighted by atomic mass is 16.5. The first-order valence-electron chi connectivity index (χ1n) is 7.44. The summed E-state index contributed by atoms with van der Waals surface area (Å²) in [4.78, 5) is 2.63. The maximum Gasteiger partial charge on any atom is 0.119 e. The van der Waals surface area contributed by atoms with Crippen LogP contribution in [-0.4, -0.2) is 31.1 Å². The molecule has 0 spiro atoms. The zero-order valence-corrected chi connectivity index (χ0v) is 11.8. The molecule has 1 unspecified atom stereocenters. The zero-order chi connectivity index (χ0) is 13.2. The van der Waals surface area contributed by atoms with Crippen LogP contribution in [0.15, 0.2) is 18.2 Å². The predicted octanol–water partition coefficient (Wildman–Crippen LogP) is 2.50. The van der Waals surface area contributed by atoms with Crippen molar-refractivity contribution in [3.05, 3.63) is 29.3 Å². The number of ether oxygens (including phenoxy) is 1. The number of piperidine rings is 1. The molecule has 0 radical (unpaired) electrons. The van der Waals surface area contributed by atoms with E-state index in [4.69, 9.17) is 10.5 Å². The van der Waals surface area contributed by atoms with Crippen molar-refractivity contribution in [2.24, 2.45) is 5.73 Å². The predicted molar refractivity (Wildman–Crippen MR) is 77.5 cm³/mol. The SMILES string of the molecule is COc1ccc2c(c1)C(N1CCC(N)CC1)CCC2. The standard InChI is InChI=1S/C16H24N2O/c1-19-14-6-5-12-3-2-4-16(15(12)11-14)18-9-7-13(17)8-10-18/h5-6,11,13,16H,2-4,7-10,17H2,1H3. The normalized spacial score (nSPS) is 25.1. The Kier molecular flexibility index (Phi) is 3.76. The lowest BCUT2D eigenvalue weighted by Crippen LogP contribution is -2.42. The van der Waals surface area contributed by atoms with Gasteiger partial charge in [-0.15, -0.1) is 0 Å². The second-order valence-electron chi connectivity index (χ2n) is 5.85. The van der Waals surface area contributed by atoms with Gasteiger partial charge in [0.25, 0.3) is 0 Å². The van der Waals surface area contributed by atoms with Crippen LogP contribution in [-0.2, 0) is 6.42 Å². The molecule has 1 fully saturated rings. The van der Waals surface area contributed by atoms with Crippen molar-refractivity contribution in [3.8, 4) is 5.75 Å². The number of aryl methyl sites for hydroxylation is 1. The van der Waals surface area contributed by atoms with Gasteiger partial charge in [-0.1, -0.05) is 6.07 Å². The van der Waals surface area contributed by atoms with E-state index in [0.29, 0.717) is 12.1 Å². The van der Waals surface area contributed by atoms with Crippen molar-refractivity contribution in [3.63, 3.8) is 0 Å². The van der Waals surface area contributed by atoms with Crippen molar-refractivity contribution in [1.29, 1.82) is 0 Å². The largest absolute Gasteiger partial charge is 0.497 e. The van der Waals surface area contributed by atoms with Crippen LogP contribution in [0.3, 0.4) is 0 Å². The average molecular weight is 260 g/mol. The molecule has 2 N–H and O–H groups in total. The zero-order valence-electron chi connectivity index (χ0n) is 11.8. The number of nitrogens with zero attached hydrogens (tertiary/aromatic N) is 1. The molecule has 1 aliphatic carbocycles. The number of benzene rings is 1. The number of hydrogen-bond acceptors (Lipinski definition) is 3. The highest BCUT2D eigenvalue weighted by molar-refractivity contribution is 5.39. The van der Waals surface area contributed by atoms with Gasteiger partial charge >= 0.3 is 0 Å². The van der Waals surface area contributed by atoms with Gasteiger partial charge in [0.2, 0.25) is 0 Å². The van der Waals surface area contributed by atoms with E-state index in [1.165, 1.54) is 30.4 Å².